The molecule has 0 aliphatic carbocycles. The van der Waals surface area contributed by atoms with Crippen LogP contribution in [0.25, 0.3) is 0 Å². The lowest BCUT2D eigenvalue weighted by molar-refractivity contribution is 0.0687. The average molecular weight is 300 g/mol. The van der Waals surface area contributed by atoms with Gasteiger partial charge < -0.3 is 9.64 Å². The summed E-state index contributed by atoms with van der Waals surface area (Å²) in [6.45, 7) is 4.72. The number of hydrogen-bond acceptors (Lipinski definition) is 4. The lowest BCUT2D eigenvalue weighted by Crippen LogP contribution is -2.39. The summed E-state index contributed by atoms with van der Waals surface area (Å²) >= 11 is 0. The highest BCUT2D eigenvalue weighted by Gasteiger charge is 2.23. The summed E-state index contributed by atoms with van der Waals surface area (Å²) in [5.41, 5.74) is 1.81. The van der Waals surface area contributed by atoms with Gasteiger partial charge in [0, 0.05) is 24.8 Å². The normalized spacial score (nSPS) is 19.0. The van der Waals surface area contributed by atoms with E-state index in [2.05, 4.69) is 17.0 Å². The number of carbonyl (C=O) groups excluding carboxylic acids is 1. The molecule has 1 atom stereocenters. The van der Waals surface area contributed by atoms with Crippen molar-refractivity contribution in [2.75, 3.05) is 19.8 Å². The number of carbonyl (C=O) groups is 1. The molecule has 6 nitrogen and oxygen atoms in total. The number of amides is 1. The molecule has 2 aromatic rings. The number of rotatable bonds is 3. The third kappa shape index (κ3) is 3.33. The van der Waals surface area contributed by atoms with Crippen LogP contribution >= 0.6 is 0 Å². The standard InChI is InChI=1S/C16H20N4O2/c1-13-6-8-22-9-7-20(13)16(21)15-4-2-14(3-5-15)10-19-12-17-11-18-19/h2-5,11-13H,6-10H2,1H3. The molecule has 0 radical (unpaired) electrons. The summed E-state index contributed by atoms with van der Waals surface area (Å²) in [7, 11) is 0. The van der Waals surface area contributed by atoms with E-state index in [1.165, 1.54) is 6.33 Å². The van der Waals surface area contributed by atoms with Gasteiger partial charge in [0.25, 0.3) is 5.91 Å². The zero-order valence-electron chi connectivity index (χ0n) is 12.7. The van der Waals surface area contributed by atoms with Crippen molar-refractivity contribution in [1.29, 1.82) is 0 Å². The van der Waals surface area contributed by atoms with E-state index >= 15 is 0 Å². The lowest BCUT2D eigenvalue weighted by atomic mass is 10.1. The molecule has 2 heterocycles. The Morgan fingerprint density at radius 1 is 1.32 bits per heavy atom. The Morgan fingerprint density at radius 2 is 2.14 bits per heavy atom. The van der Waals surface area contributed by atoms with Gasteiger partial charge in [-0.2, -0.15) is 5.10 Å². The molecule has 3 rings (SSSR count). The summed E-state index contributed by atoms with van der Waals surface area (Å²) in [5.74, 6) is 0.0744. The topological polar surface area (TPSA) is 60.2 Å². The van der Waals surface area contributed by atoms with Crippen LogP contribution in [0.15, 0.2) is 36.9 Å². The Kier molecular flexibility index (Phi) is 4.48. The molecule has 1 aliphatic heterocycles. The van der Waals surface area contributed by atoms with Crippen molar-refractivity contribution in [3.63, 3.8) is 0 Å². The van der Waals surface area contributed by atoms with Gasteiger partial charge in [0.05, 0.1) is 13.2 Å². The number of benzene rings is 1. The molecule has 1 aliphatic rings. The van der Waals surface area contributed by atoms with Crippen LogP contribution in [0.5, 0.6) is 0 Å². The Labute approximate surface area is 129 Å². The first kappa shape index (κ1) is 14.7. The van der Waals surface area contributed by atoms with Gasteiger partial charge in [0.1, 0.15) is 12.7 Å². The second kappa shape index (κ2) is 6.70. The fourth-order valence-corrected chi connectivity index (χ4v) is 2.62. The van der Waals surface area contributed by atoms with Crippen LogP contribution in [0.4, 0.5) is 0 Å². The molecule has 1 amide bonds. The van der Waals surface area contributed by atoms with Crippen molar-refractivity contribution in [3.8, 4) is 0 Å². The molecule has 0 bridgehead atoms. The van der Waals surface area contributed by atoms with Crippen LogP contribution in [0.1, 0.15) is 29.3 Å². The maximum Gasteiger partial charge on any atom is 0.254 e. The van der Waals surface area contributed by atoms with E-state index < -0.39 is 0 Å². The zero-order chi connectivity index (χ0) is 15.4. The first-order chi connectivity index (χ1) is 10.7. The summed E-state index contributed by atoms with van der Waals surface area (Å²) in [5, 5.41) is 4.08. The predicted octanol–water partition coefficient (Wildman–Crippen LogP) is 1.58. The van der Waals surface area contributed by atoms with Gasteiger partial charge in [-0.15, -0.1) is 0 Å². The molecule has 1 aromatic heterocycles. The molecule has 22 heavy (non-hydrogen) atoms. The minimum atomic E-state index is 0.0744. The SMILES string of the molecule is CC1CCOCCN1C(=O)c1ccc(Cn2cncn2)cc1. The van der Waals surface area contributed by atoms with Crippen molar-refractivity contribution in [1.82, 2.24) is 19.7 Å². The Hall–Kier alpha value is -2.21. The monoisotopic (exact) mass is 300 g/mol. The van der Waals surface area contributed by atoms with Gasteiger partial charge >= 0.3 is 0 Å². The Morgan fingerprint density at radius 3 is 2.86 bits per heavy atom. The fraction of sp³-hybridized carbons (Fsp3) is 0.438. The summed E-state index contributed by atoms with van der Waals surface area (Å²) in [6.07, 6.45) is 4.08. The van der Waals surface area contributed by atoms with Crippen molar-refractivity contribution in [2.24, 2.45) is 0 Å². The highest BCUT2D eigenvalue weighted by molar-refractivity contribution is 5.94. The van der Waals surface area contributed by atoms with Gasteiger partial charge in [0.2, 0.25) is 0 Å². The third-order valence-corrected chi connectivity index (χ3v) is 3.96. The number of aromatic nitrogens is 3. The second-order valence-corrected chi connectivity index (χ2v) is 5.54. The molecule has 1 unspecified atom stereocenters. The van der Waals surface area contributed by atoms with E-state index in [1.807, 2.05) is 29.2 Å². The van der Waals surface area contributed by atoms with Crippen LogP contribution < -0.4 is 0 Å². The van der Waals surface area contributed by atoms with E-state index in [0.717, 1.165) is 24.2 Å². The van der Waals surface area contributed by atoms with Gasteiger partial charge in [-0.3, -0.25) is 4.79 Å². The first-order valence-electron chi connectivity index (χ1n) is 7.54. The molecule has 1 aromatic carbocycles. The van der Waals surface area contributed by atoms with E-state index in [4.69, 9.17) is 4.74 Å². The van der Waals surface area contributed by atoms with E-state index in [0.29, 0.717) is 19.7 Å². The molecule has 0 spiro atoms. The average Bonchev–Trinajstić information content (AvgIpc) is 2.94. The number of hydrogen-bond donors (Lipinski definition) is 0. The number of nitrogens with zero attached hydrogens (tertiary/aromatic N) is 4. The highest BCUT2D eigenvalue weighted by Crippen LogP contribution is 2.14. The molecule has 6 heteroatoms. The molecular weight excluding hydrogens is 280 g/mol. The summed E-state index contributed by atoms with van der Waals surface area (Å²) < 4.78 is 7.20. The summed E-state index contributed by atoms with van der Waals surface area (Å²) in [4.78, 5) is 18.5. The highest BCUT2D eigenvalue weighted by atomic mass is 16.5. The van der Waals surface area contributed by atoms with Crippen LogP contribution in [0.2, 0.25) is 0 Å². The molecule has 1 saturated heterocycles. The van der Waals surface area contributed by atoms with Gasteiger partial charge in [-0.05, 0) is 31.0 Å². The fourth-order valence-electron chi connectivity index (χ4n) is 2.62. The molecular formula is C16H20N4O2. The van der Waals surface area contributed by atoms with E-state index in [9.17, 15) is 4.79 Å². The van der Waals surface area contributed by atoms with Crippen LogP contribution in [-0.2, 0) is 11.3 Å². The molecule has 0 N–H and O–H groups in total. The van der Waals surface area contributed by atoms with Crippen LogP contribution in [0.3, 0.4) is 0 Å². The van der Waals surface area contributed by atoms with Crippen LogP contribution in [-0.4, -0.2) is 51.4 Å². The molecule has 0 saturated carbocycles. The molecule has 116 valence electrons. The van der Waals surface area contributed by atoms with Gasteiger partial charge in [-0.25, -0.2) is 9.67 Å². The van der Waals surface area contributed by atoms with E-state index in [-0.39, 0.29) is 11.9 Å². The number of ether oxygens (including phenoxy) is 1. The van der Waals surface area contributed by atoms with Crippen molar-refractivity contribution < 1.29 is 9.53 Å². The summed E-state index contributed by atoms with van der Waals surface area (Å²) in [6, 6.07) is 7.91. The smallest absolute Gasteiger partial charge is 0.254 e. The minimum absolute atomic E-state index is 0.0744. The first-order valence-corrected chi connectivity index (χ1v) is 7.54. The van der Waals surface area contributed by atoms with Gasteiger partial charge in [-0.1, -0.05) is 12.1 Å². The van der Waals surface area contributed by atoms with Crippen molar-refractivity contribution in [3.05, 3.63) is 48.0 Å². The van der Waals surface area contributed by atoms with Crippen molar-refractivity contribution >= 4 is 5.91 Å². The minimum Gasteiger partial charge on any atom is -0.380 e. The Bertz CT molecular complexity index is 610. The quantitative estimate of drug-likeness (QED) is 0.863. The predicted molar refractivity (Wildman–Crippen MR) is 81.5 cm³/mol. The zero-order valence-corrected chi connectivity index (χ0v) is 12.7. The largest absolute Gasteiger partial charge is 0.380 e. The molecule has 1 fully saturated rings. The van der Waals surface area contributed by atoms with Crippen LogP contribution in [0, 0.1) is 0 Å². The maximum absolute atomic E-state index is 12.6. The lowest BCUT2D eigenvalue weighted by Gasteiger charge is -2.26. The van der Waals surface area contributed by atoms with E-state index in [1.54, 1.807) is 11.0 Å². The maximum atomic E-state index is 12.6. The van der Waals surface area contributed by atoms with Gasteiger partial charge in [0.15, 0.2) is 0 Å². The van der Waals surface area contributed by atoms with Crippen molar-refractivity contribution in [2.45, 2.75) is 25.9 Å². The third-order valence-electron chi connectivity index (χ3n) is 3.96. The second-order valence-electron chi connectivity index (χ2n) is 5.54. The Balaban J connectivity index is 1.70.